The number of fused-ring (bicyclic) bond motifs is 1. The first-order chi connectivity index (χ1) is 11.1. The summed E-state index contributed by atoms with van der Waals surface area (Å²) in [6.45, 7) is 3.91. The predicted octanol–water partition coefficient (Wildman–Crippen LogP) is 4.37. The van der Waals surface area contributed by atoms with E-state index in [1.54, 1.807) is 11.8 Å². The van der Waals surface area contributed by atoms with Crippen molar-refractivity contribution >= 4 is 23.4 Å². The highest BCUT2D eigenvalue weighted by atomic mass is 35.5. The zero-order chi connectivity index (χ0) is 16.4. The number of hydrogen-bond acceptors (Lipinski definition) is 4. The van der Waals surface area contributed by atoms with Crippen LogP contribution in [0.2, 0.25) is 5.02 Å². The van der Waals surface area contributed by atoms with Crippen LogP contribution >= 0.6 is 23.4 Å². The Morgan fingerprint density at radius 1 is 1.35 bits per heavy atom. The largest absolute Gasteiger partial charge is 0.302 e. The van der Waals surface area contributed by atoms with Gasteiger partial charge in [-0.05, 0) is 36.1 Å². The molecule has 0 amide bonds. The number of halogens is 1. The Morgan fingerprint density at radius 3 is 2.74 bits per heavy atom. The van der Waals surface area contributed by atoms with E-state index in [0.29, 0.717) is 10.6 Å². The Morgan fingerprint density at radius 2 is 2.09 bits per heavy atom. The van der Waals surface area contributed by atoms with Gasteiger partial charge in [-0.25, -0.2) is 4.98 Å². The minimum atomic E-state index is 0.688. The van der Waals surface area contributed by atoms with Gasteiger partial charge in [0.2, 0.25) is 0 Å². The highest BCUT2D eigenvalue weighted by Gasteiger charge is 2.24. The number of benzene rings is 1. The summed E-state index contributed by atoms with van der Waals surface area (Å²) in [6, 6.07) is 10.1. The van der Waals surface area contributed by atoms with E-state index in [1.807, 2.05) is 24.3 Å². The average molecular weight is 344 g/mol. The van der Waals surface area contributed by atoms with Crippen molar-refractivity contribution < 1.29 is 0 Å². The number of rotatable bonds is 3. The van der Waals surface area contributed by atoms with Crippen molar-refractivity contribution in [1.29, 1.82) is 5.26 Å². The Bertz CT molecular complexity index is 765. The van der Waals surface area contributed by atoms with E-state index in [1.165, 1.54) is 5.56 Å². The second-order valence-electron chi connectivity index (χ2n) is 5.63. The monoisotopic (exact) mass is 343 g/mol. The first kappa shape index (κ1) is 16.3. The van der Waals surface area contributed by atoms with Crippen LogP contribution in [0.4, 0.5) is 0 Å². The van der Waals surface area contributed by atoms with Crippen molar-refractivity contribution in [2.45, 2.75) is 24.9 Å². The third kappa shape index (κ3) is 3.23. The van der Waals surface area contributed by atoms with Crippen molar-refractivity contribution in [2.75, 3.05) is 19.3 Å². The molecule has 0 fully saturated rings. The van der Waals surface area contributed by atoms with Crippen LogP contribution in [0.1, 0.15) is 23.7 Å². The second kappa shape index (κ2) is 6.92. The quantitative estimate of drug-likeness (QED) is 0.776. The van der Waals surface area contributed by atoms with Gasteiger partial charge in [-0.1, -0.05) is 30.7 Å². The Hall–Kier alpha value is -1.54. The normalized spacial score (nSPS) is 14.3. The fourth-order valence-corrected chi connectivity index (χ4v) is 3.82. The molecule has 2 aromatic rings. The standard InChI is InChI=1S/C18H18ClN3S/c1-3-23-18-14(10-20)17(12-4-6-13(19)7-5-12)15-11-22(2)9-8-16(15)21-18/h4-7H,3,8-9,11H2,1-2H3. The van der Waals surface area contributed by atoms with Gasteiger partial charge in [-0.2, -0.15) is 5.26 Å². The number of likely N-dealkylation sites (N-methyl/N-ethyl adjacent to an activating group) is 1. The molecule has 0 radical (unpaired) electrons. The molecule has 1 aliphatic heterocycles. The minimum absolute atomic E-state index is 0.688. The van der Waals surface area contributed by atoms with Crippen molar-refractivity contribution in [3.8, 4) is 17.2 Å². The van der Waals surface area contributed by atoms with Crippen LogP contribution in [-0.4, -0.2) is 29.2 Å². The van der Waals surface area contributed by atoms with Gasteiger partial charge in [-0.3, -0.25) is 0 Å². The van der Waals surface area contributed by atoms with Crippen LogP contribution < -0.4 is 0 Å². The maximum Gasteiger partial charge on any atom is 0.115 e. The maximum atomic E-state index is 9.77. The number of nitrogens with zero attached hydrogens (tertiary/aromatic N) is 3. The molecule has 2 heterocycles. The lowest BCUT2D eigenvalue weighted by Crippen LogP contribution is -2.28. The van der Waals surface area contributed by atoms with Gasteiger partial charge >= 0.3 is 0 Å². The second-order valence-corrected chi connectivity index (χ2v) is 7.32. The van der Waals surface area contributed by atoms with Crippen LogP contribution in [-0.2, 0) is 13.0 Å². The molecule has 0 aliphatic carbocycles. The number of nitriles is 1. The topological polar surface area (TPSA) is 39.9 Å². The predicted molar refractivity (Wildman–Crippen MR) is 95.8 cm³/mol. The molecule has 5 heteroatoms. The summed E-state index contributed by atoms with van der Waals surface area (Å²) >= 11 is 7.67. The van der Waals surface area contributed by atoms with Gasteiger partial charge in [-0.15, -0.1) is 11.8 Å². The van der Waals surface area contributed by atoms with Crippen molar-refractivity contribution in [2.24, 2.45) is 0 Å². The summed E-state index contributed by atoms with van der Waals surface area (Å²) in [7, 11) is 2.11. The SMILES string of the molecule is CCSc1nc2c(c(-c3ccc(Cl)cc3)c1C#N)CN(C)CC2. The molecule has 3 nitrogen and oxygen atoms in total. The summed E-state index contributed by atoms with van der Waals surface area (Å²) in [5.74, 6) is 0.903. The molecule has 0 saturated heterocycles. The number of hydrogen-bond donors (Lipinski definition) is 0. The van der Waals surface area contributed by atoms with Crippen molar-refractivity contribution in [3.63, 3.8) is 0 Å². The molecule has 0 unspecified atom stereocenters. The third-order valence-electron chi connectivity index (χ3n) is 4.03. The first-order valence-electron chi connectivity index (χ1n) is 7.67. The lowest BCUT2D eigenvalue weighted by molar-refractivity contribution is 0.309. The fourth-order valence-electron chi connectivity index (χ4n) is 2.95. The van der Waals surface area contributed by atoms with Crippen LogP contribution in [0, 0.1) is 11.3 Å². The smallest absolute Gasteiger partial charge is 0.115 e. The van der Waals surface area contributed by atoms with Crippen LogP contribution in [0.15, 0.2) is 29.3 Å². The number of pyridine rings is 1. The number of thioether (sulfide) groups is 1. The Balaban J connectivity index is 2.27. The van der Waals surface area contributed by atoms with Crippen LogP contribution in [0.5, 0.6) is 0 Å². The molecule has 0 bridgehead atoms. The van der Waals surface area contributed by atoms with E-state index in [9.17, 15) is 5.26 Å². The fraction of sp³-hybridized carbons (Fsp3) is 0.333. The van der Waals surface area contributed by atoms with E-state index in [2.05, 4.69) is 24.9 Å². The van der Waals surface area contributed by atoms with E-state index < -0.39 is 0 Å². The van der Waals surface area contributed by atoms with Gasteiger partial charge in [0.25, 0.3) is 0 Å². The summed E-state index contributed by atoms with van der Waals surface area (Å²) < 4.78 is 0. The Kier molecular flexibility index (Phi) is 4.91. The summed E-state index contributed by atoms with van der Waals surface area (Å²) in [5.41, 5.74) is 5.06. The molecule has 1 aromatic carbocycles. The molecule has 1 aromatic heterocycles. The molecule has 118 valence electrons. The van der Waals surface area contributed by atoms with Gasteiger partial charge in [0.05, 0.1) is 5.56 Å². The molecular weight excluding hydrogens is 326 g/mol. The highest BCUT2D eigenvalue weighted by Crippen LogP contribution is 2.37. The lowest BCUT2D eigenvalue weighted by atomic mass is 9.92. The van der Waals surface area contributed by atoms with Gasteiger partial charge < -0.3 is 4.90 Å². The van der Waals surface area contributed by atoms with Crippen molar-refractivity contribution in [3.05, 3.63) is 46.1 Å². The van der Waals surface area contributed by atoms with E-state index in [-0.39, 0.29) is 0 Å². The Labute approximate surface area is 146 Å². The molecule has 3 rings (SSSR count). The highest BCUT2D eigenvalue weighted by molar-refractivity contribution is 7.99. The molecular formula is C18H18ClN3S. The molecule has 0 atom stereocenters. The molecule has 0 saturated carbocycles. The van der Waals surface area contributed by atoms with Crippen LogP contribution in [0.3, 0.4) is 0 Å². The molecule has 0 N–H and O–H groups in total. The van der Waals surface area contributed by atoms with E-state index >= 15 is 0 Å². The number of aromatic nitrogens is 1. The average Bonchev–Trinajstić information content (AvgIpc) is 2.55. The minimum Gasteiger partial charge on any atom is -0.302 e. The van der Waals surface area contributed by atoms with Gasteiger partial charge in [0.15, 0.2) is 0 Å². The summed E-state index contributed by atoms with van der Waals surface area (Å²) in [5, 5.41) is 11.3. The maximum absolute atomic E-state index is 9.77. The molecule has 1 aliphatic rings. The zero-order valence-electron chi connectivity index (χ0n) is 13.3. The summed E-state index contributed by atoms with van der Waals surface area (Å²) in [4.78, 5) is 7.07. The van der Waals surface area contributed by atoms with E-state index in [4.69, 9.17) is 16.6 Å². The third-order valence-corrected chi connectivity index (χ3v) is 5.14. The van der Waals surface area contributed by atoms with Gasteiger partial charge in [0.1, 0.15) is 11.1 Å². The lowest BCUT2D eigenvalue weighted by Gasteiger charge is -2.28. The molecule has 0 spiro atoms. The van der Waals surface area contributed by atoms with Crippen LogP contribution in [0.25, 0.3) is 11.1 Å². The van der Waals surface area contributed by atoms with Crippen molar-refractivity contribution in [1.82, 2.24) is 9.88 Å². The molecule has 23 heavy (non-hydrogen) atoms. The zero-order valence-corrected chi connectivity index (χ0v) is 14.8. The summed E-state index contributed by atoms with van der Waals surface area (Å²) in [6.07, 6.45) is 0.926. The first-order valence-corrected chi connectivity index (χ1v) is 9.03. The van der Waals surface area contributed by atoms with Gasteiger partial charge in [0, 0.05) is 35.8 Å². The van der Waals surface area contributed by atoms with E-state index in [0.717, 1.165) is 47.1 Å².